The fourth-order valence-corrected chi connectivity index (χ4v) is 2.75. The van der Waals surface area contributed by atoms with Crippen LogP contribution in [0.25, 0.3) is 0 Å². The molecule has 3 aromatic rings. The summed E-state index contributed by atoms with van der Waals surface area (Å²) in [6.45, 7) is 5.07. The van der Waals surface area contributed by atoms with E-state index in [4.69, 9.17) is 9.47 Å². The summed E-state index contributed by atoms with van der Waals surface area (Å²) in [5, 5.41) is 0. The summed E-state index contributed by atoms with van der Waals surface area (Å²) in [4.78, 5) is 19.1. The molecule has 0 aliphatic carbocycles. The first-order valence-electron chi connectivity index (χ1n) is 9.59. The van der Waals surface area contributed by atoms with Crippen molar-refractivity contribution >= 4 is 23.6 Å². The molecule has 1 amide bonds. The Labute approximate surface area is 171 Å². The molecule has 0 saturated carbocycles. The summed E-state index contributed by atoms with van der Waals surface area (Å²) in [5.41, 5.74) is 2.02. The highest BCUT2D eigenvalue weighted by Crippen LogP contribution is 2.22. The lowest BCUT2D eigenvalue weighted by Crippen LogP contribution is -2.29. The van der Waals surface area contributed by atoms with Gasteiger partial charge >= 0.3 is 0 Å². The molecule has 0 radical (unpaired) electrons. The minimum Gasteiger partial charge on any atom is -0.494 e. The molecule has 0 fully saturated rings. The Bertz CT molecular complexity index is 936. The zero-order valence-electron chi connectivity index (χ0n) is 16.6. The Morgan fingerprint density at radius 3 is 1.93 bits per heavy atom. The van der Waals surface area contributed by atoms with Gasteiger partial charge in [0.25, 0.3) is 5.91 Å². The molecule has 0 aliphatic heterocycles. The van der Waals surface area contributed by atoms with Crippen LogP contribution in [0.5, 0.6) is 11.5 Å². The minimum atomic E-state index is -0.163. The molecular formula is C24H24N2O3. The molecule has 3 rings (SSSR count). The number of rotatable bonds is 8. The maximum atomic E-state index is 13.1. The van der Waals surface area contributed by atoms with E-state index in [1.165, 1.54) is 4.90 Å². The lowest BCUT2D eigenvalue weighted by molar-refractivity contribution is 0.100. The van der Waals surface area contributed by atoms with Crippen LogP contribution in [-0.4, -0.2) is 25.5 Å². The molecule has 0 spiro atoms. The van der Waals surface area contributed by atoms with Crippen molar-refractivity contribution in [3.05, 3.63) is 84.4 Å². The molecule has 0 N–H and O–H groups in total. The smallest absolute Gasteiger partial charge is 0.263 e. The van der Waals surface area contributed by atoms with Gasteiger partial charge in [0, 0.05) is 5.56 Å². The van der Waals surface area contributed by atoms with Gasteiger partial charge in [-0.3, -0.25) is 9.69 Å². The molecule has 0 bridgehead atoms. The molecule has 0 unspecified atom stereocenters. The van der Waals surface area contributed by atoms with Crippen LogP contribution in [0.2, 0.25) is 0 Å². The Balaban J connectivity index is 1.88. The van der Waals surface area contributed by atoms with E-state index in [2.05, 4.69) is 4.99 Å². The van der Waals surface area contributed by atoms with Gasteiger partial charge in [0.2, 0.25) is 0 Å². The van der Waals surface area contributed by atoms with Gasteiger partial charge in [0.05, 0.1) is 24.6 Å². The second-order valence-corrected chi connectivity index (χ2v) is 6.14. The molecule has 29 heavy (non-hydrogen) atoms. The predicted molar refractivity (Wildman–Crippen MR) is 117 cm³/mol. The standard InChI is InChI=1S/C24H24N2O3/c1-3-28-22-14-10-20(11-15-22)25-18-26(24(27)19-8-6-5-7-9-19)21-12-16-23(17-13-21)29-4-2/h5-18H,3-4H2,1-2H3. The monoisotopic (exact) mass is 388 g/mol. The molecular weight excluding hydrogens is 364 g/mol. The Hall–Kier alpha value is -3.60. The van der Waals surface area contributed by atoms with E-state index in [1.807, 2.05) is 80.6 Å². The predicted octanol–water partition coefficient (Wildman–Crippen LogP) is 5.49. The van der Waals surface area contributed by atoms with Crippen LogP contribution < -0.4 is 14.4 Å². The largest absolute Gasteiger partial charge is 0.494 e. The van der Waals surface area contributed by atoms with Gasteiger partial charge in [-0.25, -0.2) is 4.99 Å². The van der Waals surface area contributed by atoms with Crippen LogP contribution in [0, 0.1) is 0 Å². The van der Waals surface area contributed by atoms with E-state index in [1.54, 1.807) is 18.5 Å². The van der Waals surface area contributed by atoms with Gasteiger partial charge in [-0.05, 0) is 74.5 Å². The molecule has 0 heterocycles. The SMILES string of the molecule is CCOc1ccc(N=CN(C(=O)c2ccccc2)c2ccc(OCC)cc2)cc1. The molecule has 0 aromatic heterocycles. The summed E-state index contributed by atoms with van der Waals surface area (Å²) >= 11 is 0. The number of benzene rings is 3. The number of ether oxygens (including phenoxy) is 2. The minimum absolute atomic E-state index is 0.163. The van der Waals surface area contributed by atoms with Crippen molar-refractivity contribution in [3.63, 3.8) is 0 Å². The Morgan fingerprint density at radius 2 is 1.38 bits per heavy atom. The van der Waals surface area contributed by atoms with Crippen molar-refractivity contribution in [2.24, 2.45) is 4.99 Å². The second kappa shape index (κ2) is 10.1. The topological polar surface area (TPSA) is 51.1 Å². The summed E-state index contributed by atoms with van der Waals surface area (Å²) in [7, 11) is 0. The summed E-state index contributed by atoms with van der Waals surface area (Å²) in [6.07, 6.45) is 1.54. The van der Waals surface area contributed by atoms with Crippen molar-refractivity contribution in [2.45, 2.75) is 13.8 Å². The quantitative estimate of drug-likeness (QED) is 0.379. The highest BCUT2D eigenvalue weighted by atomic mass is 16.5. The van der Waals surface area contributed by atoms with Crippen LogP contribution in [0.4, 0.5) is 11.4 Å². The molecule has 3 aromatic carbocycles. The first-order valence-corrected chi connectivity index (χ1v) is 9.59. The van der Waals surface area contributed by atoms with E-state index in [9.17, 15) is 4.79 Å². The van der Waals surface area contributed by atoms with Crippen molar-refractivity contribution in [2.75, 3.05) is 18.1 Å². The lowest BCUT2D eigenvalue weighted by Gasteiger charge is -2.18. The third-order valence-electron chi connectivity index (χ3n) is 4.14. The van der Waals surface area contributed by atoms with Gasteiger partial charge in [-0.15, -0.1) is 0 Å². The fraction of sp³-hybridized carbons (Fsp3) is 0.167. The number of nitrogens with zero attached hydrogens (tertiary/aromatic N) is 2. The van der Waals surface area contributed by atoms with Crippen molar-refractivity contribution in [1.82, 2.24) is 0 Å². The molecule has 0 saturated heterocycles. The van der Waals surface area contributed by atoms with Crippen LogP contribution >= 0.6 is 0 Å². The number of carbonyl (C=O) groups is 1. The normalized spacial score (nSPS) is 10.7. The highest BCUT2D eigenvalue weighted by Gasteiger charge is 2.16. The van der Waals surface area contributed by atoms with E-state index in [-0.39, 0.29) is 5.91 Å². The maximum absolute atomic E-state index is 13.1. The Morgan fingerprint density at radius 1 is 0.828 bits per heavy atom. The number of carbonyl (C=O) groups excluding carboxylic acids is 1. The van der Waals surface area contributed by atoms with E-state index >= 15 is 0 Å². The third kappa shape index (κ3) is 5.45. The first kappa shape index (κ1) is 20.1. The van der Waals surface area contributed by atoms with E-state index in [0.717, 1.165) is 17.2 Å². The van der Waals surface area contributed by atoms with Gasteiger partial charge in [-0.1, -0.05) is 18.2 Å². The van der Waals surface area contributed by atoms with Gasteiger partial charge in [0.15, 0.2) is 0 Å². The number of amides is 1. The van der Waals surface area contributed by atoms with Gasteiger partial charge in [-0.2, -0.15) is 0 Å². The molecule has 0 aliphatic rings. The molecule has 148 valence electrons. The van der Waals surface area contributed by atoms with Gasteiger partial charge in [0.1, 0.15) is 17.8 Å². The number of anilines is 1. The van der Waals surface area contributed by atoms with E-state index in [0.29, 0.717) is 24.5 Å². The number of aliphatic imine (C=N–C) groups is 1. The first-order chi connectivity index (χ1) is 14.2. The van der Waals surface area contributed by atoms with Crippen LogP contribution in [0.15, 0.2) is 83.9 Å². The summed E-state index contributed by atoms with van der Waals surface area (Å²) < 4.78 is 11.0. The number of hydrogen-bond acceptors (Lipinski definition) is 4. The van der Waals surface area contributed by atoms with Gasteiger partial charge < -0.3 is 9.47 Å². The molecule has 5 nitrogen and oxygen atoms in total. The molecule has 5 heteroatoms. The van der Waals surface area contributed by atoms with E-state index < -0.39 is 0 Å². The lowest BCUT2D eigenvalue weighted by atomic mass is 10.2. The highest BCUT2D eigenvalue weighted by molar-refractivity contribution is 6.16. The van der Waals surface area contributed by atoms with Crippen LogP contribution in [0.3, 0.4) is 0 Å². The third-order valence-corrected chi connectivity index (χ3v) is 4.14. The second-order valence-electron chi connectivity index (χ2n) is 6.14. The number of hydrogen-bond donors (Lipinski definition) is 0. The summed E-state index contributed by atoms with van der Waals surface area (Å²) in [6, 6.07) is 23.9. The zero-order chi connectivity index (χ0) is 20.5. The van der Waals surface area contributed by atoms with Crippen LogP contribution in [0.1, 0.15) is 24.2 Å². The van der Waals surface area contributed by atoms with Crippen molar-refractivity contribution in [1.29, 1.82) is 0 Å². The van der Waals surface area contributed by atoms with Crippen molar-refractivity contribution in [3.8, 4) is 11.5 Å². The average Bonchev–Trinajstić information content (AvgIpc) is 2.77. The Kier molecular flexibility index (Phi) is 7.00. The summed E-state index contributed by atoms with van der Waals surface area (Å²) in [5.74, 6) is 1.38. The van der Waals surface area contributed by atoms with Crippen molar-refractivity contribution < 1.29 is 14.3 Å². The zero-order valence-corrected chi connectivity index (χ0v) is 16.6. The fourth-order valence-electron chi connectivity index (χ4n) is 2.75. The van der Waals surface area contributed by atoms with Crippen LogP contribution in [-0.2, 0) is 0 Å². The molecule has 0 atom stereocenters. The maximum Gasteiger partial charge on any atom is 0.263 e. The average molecular weight is 388 g/mol.